The summed E-state index contributed by atoms with van der Waals surface area (Å²) < 4.78 is 5.52. The lowest BCUT2D eigenvalue weighted by Gasteiger charge is -2.27. The standard InChI is InChI=1S/C25H15NO5/c27-18-11-9-17(10-12-18)26-23(28)20-8-4-7-16-13-19(14-21(22(16)20)24(26)29)31-25(30)15-5-2-1-3-6-15/h1-14,27H. The fourth-order valence-electron chi connectivity index (χ4n) is 3.72. The van der Waals surface area contributed by atoms with E-state index in [1.807, 2.05) is 0 Å². The molecule has 0 spiro atoms. The lowest BCUT2D eigenvalue weighted by atomic mass is 9.93. The molecule has 6 nitrogen and oxygen atoms in total. The van der Waals surface area contributed by atoms with Gasteiger partial charge in [-0.15, -0.1) is 0 Å². The number of esters is 1. The second-order valence-corrected chi connectivity index (χ2v) is 7.09. The molecule has 0 saturated carbocycles. The quantitative estimate of drug-likeness (QED) is 0.305. The highest BCUT2D eigenvalue weighted by molar-refractivity contribution is 6.36. The lowest BCUT2D eigenvalue weighted by Crippen LogP contribution is -2.40. The van der Waals surface area contributed by atoms with Gasteiger partial charge in [0.15, 0.2) is 0 Å². The smallest absolute Gasteiger partial charge is 0.343 e. The number of amides is 2. The molecule has 0 radical (unpaired) electrons. The lowest BCUT2D eigenvalue weighted by molar-refractivity contribution is 0.0732. The molecule has 0 fully saturated rings. The van der Waals surface area contributed by atoms with E-state index >= 15 is 0 Å². The summed E-state index contributed by atoms with van der Waals surface area (Å²) in [4.78, 5) is 40.0. The van der Waals surface area contributed by atoms with Crippen molar-refractivity contribution < 1.29 is 24.2 Å². The van der Waals surface area contributed by atoms with E-state index in [4.69, 9.17) is 4.74 Å². The largest absolute Gasteiger partial charge is 0.508 e. The summed E-state index contributed by atoms with van der Waals surface area (Å²) in [6, 6.07) is 22.6. The molecular formula is C25H15NO5. The molecule has 2 amide bonds. The highest BCUT2D eigenvalue weighted by atomic mass is 16.5. The van der Waals surface area contributed by atoms with E-state index in [2.05, 4.69) is 0 Å². The zero-order valence-electron chi connectivity index (χ0n) is 16.1. The topological polar surface area (TPSA) is 83.9 Å². The number of rotatable bonds is 3. The number of hydrogen-bond donors (Lipinski definition) is 1. The van der Waals surface area contributed by atoms with Crippen molar-refractivity contribution in [3.63, 3.8) is 0 Å². The monoisotopic (exact) mass is 409 g/mol. The molecule has 0 atom stereocenters. The zero-order valence-corrected chi connectivity index (χ0v) is 16.1. The van der Waals surface area contributed by atoms with Crippen LogP contribution in [0.15, 0.2) is 84.9 Å². The van der Waals surface area contributed by atoms with Crippen LogP contribution in [0.2, 0.25) is 0 Å². The van der Waals surface area contributed by atoms with E-state index in [1.165, 1.54) is 30.3 Å². The molecule has 1 aliphatic heterocycles. The number of phenols is 1. The predicted octanol–water partition coefficient (Wildman–Crippen LogP) is 4.57. The van der Waals surface area contributed by atoms with E-state index in [0.717, 1.165) is 4.90 Å². The van der Waals surface area contributed by atoms with Crippen LogP contribution in [0.5, 0.6) is 11.5 Å². The Bertz CT molecular complexity index is 1360. The average Bonchev–Trinajstić information content (AvgIpc) is 2.79. The number of imide groups is 1. The molecule has 4 aromatic rings. The number of anilines is 1. The third-order valence-corrected chi connectivity index (χ3v) is 5.15. The maximum Gasteiger partial charge on any atom is 0.343 e. The highest BCUT2D eigenvalue weighted by Crippen LogP contribution is 2.36. The first-order valence-corrected chi connectivity index (χ1v) is 9.55. The minimum atomic E-state index is -0.543. The summed E-state index contributed by atoms with van der Waals surface area (Å²) in [5, 5.41) is 10.7. The Morgan fingerprint density at radius 3 is 2.23 bits per heavy atom. The summed E-state index contributed by atoms with van der Waals surface area (Å²) in [5.41, 5.74) is 1.36. The van der Waals surface area contributed by atoms with Gasteiger partial charge in [0.1, 0.15) is 11.5 Å². The Kier molecular flexibility index (Phi) is 4.26. The minimum absolute atomic E-state index is 0.0262. The molecule has 0 saturated heterocycles. The Balaban J connectivity index is 1.61. The first kappa shape index (κ1) is 18.6. The number of hydrogen-bond acceptors (Lipinski definition) is 5. The number of ether oxygens (including phenoxy) is 1. The fraction of sp³-hybridized carbons (Fsp3) is 0. The van der Waals surface area contributed by atoms with Crippen LogP contribution in [0.25, 0.3) is 10.8 Å². The molecule has 1 aliphatic rings. The molecular weight excluding hydrogens is 394 g/mol. The molecule has 150 valence electrons. The van der Waals surface area contributed by atoms with E-state index < -0.39 is 17.8 Å². The molecule has 1 N–H and O–H groups in total. The molecule has 1 heterocycles. The van der Waals surface area contributed by atoms with Gasteiger partial charge < -0.3 is 9.84 Å². The van der Waals surface area contributed by atoms with Crippen LogP contribution in [-0.2, 0) is 0 Å². The molecule has 31 heavy (non-hydrogen) atoms. The number of benzene rings is 4. The molecule has 0 aliphatic carbocycles. The number of carbonyl (C=O) groups is 3. The maximum atomic E-state index is 13.3. The Morgan fingerprint density at radius 2 is 1.48 bits per heavy atom. The van der Waals surface area contributed by atoms with Crippen molar-refractivity contribution in [2.75, 3.05) is 4.90 Å². The van der Waals surface area contributed by atoms with E-state index in [9.17, 15) is 19.5 Å². The third-order valence-electron chi connectivity index (χ3n) is 5.15. The second kappa shape index (κ2) is 7.11. The van der Waals surface area contributed by atoms with Crippen molar-refractivity contribution in [1.29, 1.82) is 0 Å². The Labute approximate surface area is 176 Å². The van der Waals surface area contributed by atoms with Gasteiger partial charge in [-0.05, 0) is 60.0 Å². The predicted molar refractivity (Wildman–Crippen MR) is 115 cm³/mol. The number of nitrogens with zero attached hydrogens (tertiary/aromatic N) is 1. The van der Waals surface area contributed by atoms with Crippen molar-refractivity contribution in [3.8, 4) is 11.5 Å². The summed E-state index contributed by atoms with van der Waals surface area (Å²) in [7, 11) is 0. The van der Waals surface area contributed by atoms with Gasteiger partial charge in [0, 0.05) is 10.9 Å². The van der Waals surface area contributed by atoms with Gasteiger partial charge >= 0.3 is 5.97 Å². The van der Waals surface area contributed by atoms with Crippen LogP contribution >= 0.6 is 0 Å². The van der Waals surface area contributed by atoms with E-state index in [1.54, 1.807) is 54.6 Å². The molecule has 5 rings (SSSR count). The number of phenolic OH excluding ortho intramolecular Hbond substituents is 1. The third kappa shape index (κ3) is 3.11. The van der Waals surface area contributed by atoms with Crippen LogP contribution in [0.1, 0.15) is 31.1 Å². The summed E-state index contributed by atoms with van der Waals surface area (Å²) in [6.45, 7) is 0. The zero-order chi connectivity index (χ0) is 21.5. The van der Waals surface area contributed by atoms with Gasteiger partial charge in [0.2, 0.25) is 0 Å². The van der Waals surface area contributed by atoms with Crippen LogP contribution < -0.4 is 9.64 Å². The number of carbonyl (C=O) groups excluding carboxylic acids is 3. The van der Waals surface area contributed by atoms with Gasteiger partial charge in [-0.25, -0.2) is 9.69 Å². The molecule has 0 unspecified atom stereocenters. The number of aromatic hydroxyl groups is 1. The molecule has 0 aromatic heterocycles. The Hall–Kier alpha value is -4.45. The van der Waals surface area contributed by atoms with E-state index in [-0.39, 0.29) is 17.1 Å². The summed E-state index contributed by atoms with van der Waals surface area (Å²) >= 11 is 0. The first-order chi connectivity index (χ1) is 15.0. The SMILES string of the molecule is O=C(Oc1cc2c3c(cccc3c1)C(=O)N(c1ccc(O)cc1)C2=O)c1ccccc1. The van der Waals surface area contributed by atoms with Crippen LogP contribution in [0.4, 0.5) is 5.69 Å². The van der Waals surface area contributed by atoms with Gasteiger partial charge in [0.25, 0.3) is 11.8 Å². The van der Waals surface area contributed by atoms with Crippen LogP contribution in [0, 0.1) is 0 Å². The summed E-state index contributed by atoms with van der Waals surface area (Å²) in [6.07, 6.45) is 0. The van der Waals surface area contributed by atoms with Crippen molar-refractivity contribution in [2.45, 2.75) is 0 Å². The molecule has 6 heteroatoms. The van der Waals surface area contributed by atoms with Crippen molar-refractivity contribution in [1.82, 2.24) is 0 Å². The minimum Gasteiger partial charge on any atom is -0.508 e. The van der Waals surface area contributed by atoms with Crippen molar-refractivity contribution >= 4 is 34.2 Å². The first-order valence-electron chi connectivity index (χ1n) is 9.55. The van der Waals surface area contributed by atoms with Gasteiger partial charge in [-0.3, -0.25) is 9.59 Å². The van der Waals surface area contributed by atoms with Gasteiger partial charge in [0.05, 0.1) is 16.8 Å². The van der Waals surface area contributed by atoms with Gasteiger partial charge in [-0.1, -0.05) is 30.3 Å². The van der Waals surface area contributed by atoms with Crippen LogP contribution in [-0.4, -0.2) is 22.9 Å². The average molecular weight is 409 g/mol. The fourth-order valence-corrected chi connectivity index (χ4v) is 3.72. The highest BCUT2D eigenvalue weighted by Gasteiger charge is 2.34. The van der Waals surface area contributed by atoms with Gasteiger partial charge in [-0.2, -0.15) is 0 Å². The molecule has 4 aromatic carbocycles. The molecule has 0 bridgehead atoms. The maximum absolute atomic E-state index is 13.3. The van der Waals surface area contributed by atoms with Crippen molar-refractivity contribution in [2.24, 2.45) is 0 Å². The normalized spacial score (nSPS) is 12.8. The Morgan fingerprint density at radius 1 is 0.774 bits per heavy atom. The van der Waals surface area contributed by atoms with Crippen molar-refractivity contribution in [3.05, 3.63) is 102 Å². The van der Waals surface area contributed by atoms with Crippen LogP contribution in [0.3, 0.4) is 0 Å². The van der Waals surface area contributed by atoms with E-state index in [0.29, 0.717) is 27.6 Å². The second-order valence-electron chi connectivity index (χ2n) is 7.09. The summed E-state index contributed by atoms with van der Waals surface area (Å²) in [5.74, 6) is -1.29.